The van der Waals surface area contributed by atoms with E-state index in [2.05, 4.69) is 4.98 Å². The molecule has 90 valence electrons. The molecule has 1 aromatic heterocycles. The molecular weight excluding hydrogens is 204 g/mol. The van der Waals surface area contributed by atoms with Crippen molar-refractivity contribution in [2.24, 2.45) is 0 Å². The van der Waals surface area contributed by atoms with Gasteiger partial charge in [0.25, 0.3) is 0 Å². The first-order chi connectivity index (χ1) is 7.40. The molecule has 0 bridgehead atoms. The number of hydrogen-bond donors (Lipinski definition) is 2. The standard InChI is InChI=1S/C12H20N2O2/c1-9(16)10-6-5-7-13-11(10)14(4)12(2,3)8-15/h5-7,9,15-16H,8H2,1-4H3/t9-/m0/s1. The molecule has 1 rings (SSSR count). The van der Waals surface area contributed by atoms with E-state index in [1.807, 2.05) is 31.9 Å². The molecule has 0 fully saturated rings. The van der Waals surface area contributed by atoms with Gasteiger partial charge in [-0.25, -0.2) is 4.98 Å². The van der Waals surface area contributed by atoms with Crippen molar-refractivity contribution in [3.05, 3.63) is 23.9 Å². The van der Waals surface area contributed by atoms with Gasteiger partial charge in [0.05, 0.1) is 18.2 Å². The van der Waals surface area contributed by atoms with Gasteiger partial charge in [0, 0.05) is 18.8 Å². The highest BCUT2D eigenvalue weighted by molar-refractivity contribution is 5.49. The lowest BCUT2D eigenvalue weighted by atomic mass is 10.0. The maximum atomic E-state index is 9.66. The second kappa shape index (κ2) is 4.80. The topological polar surface area (TPSA) is 56.6 Å². The number of pyridine rings is 1. The Bertz CT molecular complexity index is 351. The fraction of sp³-hybridized carbons (Fsp3) is 0.583. The Morgan fingerprint density at radius 1 is 1.50 bits per heavy atom. The molecule has 4 nitrogen and oxygen atoms in total. The highest BCUT2D eigenvalue weighted by atomic mass is 16.3. The summed E-state index contributed by atoms with van der Waals surface area (Å²) < 4.78 is 0. The predicted octanol–water partition coefficient (Wildman–Crippen LogP) is 1.34. The molecule has 2 N–H and O–H groups in total. The van der Waals surface area contributed by atoms with Gasteiger partial charge in [-0.1, -0.05) is 6.07 Å². The molecule has 0 amide bonds. The SMILES string of the molecule is C[C@H](O)c1cccnc1N(C)C(C)(C)CO. The Kier molecular flexibility index (Phi) is 3.88. The lowest BCUT2D eigenvalue weighted by Gasteiger charge is -2.36. The molecule has 0 aliphatic carbocycles. The molecule has 0 aliphatic rings. The zero-order valence-electron chi connectivity index (χ0n) is 10.3. The second-order valence-electron chi connectivity index (χ2n) is 4.62. The van der Waals surface area contributed by atoms with Crippen molar-refractivity contribution >= 4 is 5.82 Å². The second-order valence-corrected chi connectivity index (χ2v) is 4.62. The number of rotatable bonds is 4. The van der Waals surface area contributed by atoms with Gasteiger partial charge in [-0.3, -0.25) is 0 Å². The number of anilines is 1. The molecule has 0 unspecified atom stereocenters. The van der Waals surface area contributed by atoms with Crippen molar-refractivity contribution in [1.82, 2.24) is 4.98 Å². The molecule has 0 radical (unpaired) electrons. The van der Waals surface area contributed by atoms with Crippen LogP contribution in [0, 0.1) is 0 Å². The number of aromatic nitrogens is 1. The van der Waals surface area contributed by atoms with E-state index in [4.69, 9.17) is 0 Å². The normalized spacial score (nSPS) is 13.6. The molecule has 0 aromatic carbocycles. The monoisotopic (exact) mass is 224 g/mol. The Morgan fingerprint density at radius 3 is 2.62 bits per heavy atom. The van der Waals surface area contributed by atoms with E-state index in [0.29, 0.717) is 5.82 Å². The van der Waals surface area contributed by atoms with Gasteiger partial charge >= 0.3 is 0 Å². The quantitative estimate of drug-likeness (QED) is 0.810. The van der Waals surface area contributed by atoms with Crippen molar-refractivity contribution in [1.29, 1.82) is 0 Å². The van der Waals surface area contributed by atoms with Crippen LogP contribution in [0.4, 0.5) is 5.82 Å². The van der Waals surface area contributed by atoms with Crippen molar-refractivity contribution in [3.63, 3.8) is 0 Å². The lowest BCUT2D eigenvalue weighted by Crippen LogP contribution is -2.45. The Balaban J connectivity index is 3.13. The van der Waals surface area contributed by atoms with Crippen LogP contribution in [-0.4, -0.2) is 34.4 Å². The van der Waals surface area contributed by atoms with Crippen molar-refractivity contribution in [2.45, 2.75) is 32.4 Å². The molecule has 4 heteroatoms. The summed E-state index contributed by atoms with van der Waals surface area (Å²) >= 11 is 0. The first-order valence-corrected chi connectivity index (χ1v) is 5.38. The molecular formula is C12H20N2O2. The zero-order chi connectivity index (χ0) is 12.3. The number of aliphatic hydroxyl groups is 2. The Hall–Kier alpha value is -1.13. The third-order valence-electron chi connectivity index (χ3n) is 2.88. The van der Waals surface area contributed by atoms with Gasteiger partial charge in [0.1, 0.15) is 5.82 Å². The van der Waals surface area contributed by atoms with Crippen LogP contribution in [0.2, 0.25) is 0 Å². The van der Waals surface area contributed by atoms with Crippen LogP contribution in [0.25, 0.3) is 0 Å². The largest absolute Gasteiger partial charge is 0.394 e. The summed E-state index contributed by atoms with van der Waals surface area (Å²) in [5.74, 6) is 0.705. The Labute approximate surface area is 96.6 Å². The number of likely N-dealkylation sites (N-methyl/N-ethyl adjacent to an activating group) is 1. The summed E-state index contributed by atoms with van der Waals surface area (Å²) in [6.07, 6.45) is 1.12. The van der Waals surface area contributed by atoms with Gasteiger partial charge in [-0.15, -0.1) is 0 Å². The molecule has 16 heavy (non-hydrogen) atoms. The van der Waals surface area contributed by atoms with E-state index < -0.39 is 11.6 Å². The fourth-order valence-corrected chi connectivity index (χ4v) is 1.41. The van der Waals surface area contributed by atoms with Gasteiger partial charge in [-0.2, -0.15) is 0 Å². The van der Waals surface area contributed by atoms with Gasteiger partial charge in [0.15, 0.2) is 0 Å². The summed E-state index contributed by atoms with van der Waals surface area (Å²) in [6.45, 7) is 5.58. The van der Waals surface area contributed by atoms with E-state index in [-0.39, 0.29) is 6.61 Å². The summed E-state index contributed by atoms with van der Waals surface area (Å²) in [5, 5.41) is 19.0. The van der Waals surface area contributed by atoms with Crippen LogP contribution in [0.1, 0.15) is 32.4 Å². The molecule has 1 heterocycles. The highest BCUT2D eigenvalue weighted by Gasteiger charge is 2.26. The smallest absolute Gasteiger partial charge is 0.134 e. The van der Waals surface area contributed by atoms with Crippen molar-refractivity contribution in [3.8, 4) is 0 Å². The van der Waals surface area contributed by atoms with E-state index in [1.165, 1.54) is 0 Å². The highest BCUT2D eigenvalue weighted by Crippen LogP contribution is 2.27. The van der Waals surface area contributed by atoms with E-state index >= 15 is 0 Å². The molecule has 0 saturated carbocycles. The predicted molar refractivity (Wildman–Crippen MR) is 64.4 cm³/mol. The van der Waals surface area contributed by atoms with Crippen LogP contribution in [0.15, 0.2) is 18.3 Å². The zero-order valence-corrected chi connectivity index (χ0v) is 10.3. The molecule has 1 aromatic rings. The molecule has 0 saturated heterocycles. The molecule has 1 atom stereocenters. The minimum Gasteiger partial charge on any atom is -0.394 e. The fourth-order valence-electron chi connectivity index (χ4n) is 1.41. The molecule has 0 spiro atoms. The number of hydrogen-bond acceptors (Lipinski definition) is 4. The van der Waals surface area contributed by atoms with Crippen LogP contribution in [0.5, 0.6) is 0 Å². The molecule has 0 aliphatic heterocycles. The average molecular weight is 224 g/mol. The first-order valence-electron chi connectivity index (χ1n) is 5.38. The summed E-state index contributed by atoms with van der Waals surface area (Å²) in [4.78, 5) is 6.15. The summed E-state index contributed by atoms with van der Waals surface area (Å²) in [6, 6.07) is 3.64. The third-order valence-corrected chi connectivity index (χ3v) is 2.88. The van der Waals surface area contributed by atoms with E-state index in [1.54, 1.807) is 19.2 Å². The van der Waals surface area contributed by atoms with Gasteiger partial charge in [-0.05, 0) is 26.8 Å². The van der Waals surface area contributed by atoms with E-state index in [9.17, 15) is 10.2 Å². The van der Waals surface area contributed by atoms with Gasteiger partial charge in [0.2, 0.25) is 0 Å². The van der Waals surface area contributed by atoms with Crippen LogP contribution < -0.4 is 4.90 Å². The van der Waals surface area contributed by atoms with Gasteiger partial charge < -0.3 is 15.1 Å². The van der Waals surface area contributed by atoms with Crippen LogP contribution in [0.3, 0.4) is 0 Å². The van der Waals surface area contributed by atoms with Crippen molar-refractivity contribution < 1.29 is 10.2 Å². The van der Waals surface area contributed by atoms with E-state index in [0.717, 1.165) is 5.56 Å². The maximum Gasteiger partial charge on any atom is 0.134 e. The minimum atomic E-state index is -0.569. The summed E-state index contributed by atoms with van der Waals surface area (Å²) in [7, 11) is 1.87. The number of nitrogens with zero attached hydrogens (tertiary/aromatic N) is 2. The third kappa shape index (κ3) is 2.51. The van der Waals surface area contributed by atoms with Crippen molar-refractivity contribution in [2.75, 3.05) is 18.6 Å². The Morgan fingerprint density at radius 2 is 2.12 bits per heavy atom. The van der Waals surface area contributed by atoms with Crippen LogP contribution in [-0.2, 0) is 0 Å². The maximum absolute atomic E-state index is 9.66. The van der Waals surface area contributed by atoms with Crippen LogP contribution >= 0.6 is 0 Å². The average Bonchev–Trinajstić information content (AvgIpc) is 2.28. The number of aliphatic hydroxyl groups excluding tert-OH is 2. The lowest BCUT2D eigenvalue weighted by molar-refractivity contribution is 0.195. The minimum absolute atomic E-state index is 0.0271. The summed E-state index contributed by atoms with van der Waals surface area (Å²) in [5.41, 5.74) is 0.365. The first kappa shape index (κ1) is 12.9.